The van der Waals surface area contributed by atoms with Gasteiger partial charge in [-0.3, -0.25) is 4.79 Å². The monoisotopic (exact) mass is 319 g/mol. The van der Waals surface area contributed by atoms with Gasteiger partial charge in [0.05, 0.1) is 16.7 Å². The lowest BCUT2D eigenvalue weighted by Crippen LogP contribution is -2.50. The first kappa shape index (κ1) is 14.5. The Morgan fingerprint density at radius 2 is 2.12 bits per heavy atom. The van der Waals surface area contributed by atoms with E-state index in [1.54, 1.807) is 39.0 Å². The molecule has 0 aliphatic carbocycles. The van der Waals surface area contributed by atoms with Gasteiger partial charge in [-0.2, -0.15) is 0 Å². The molecule has 0 aliphatic rings. The molecular weight excluding hydrogens is 305 g/mol. The average Bonchev–Trinajstić information content (AvgIpc) is 2.21. The molecule has 94 valence electrons. The predicted molar refractivity (Wildman–Crippen MR) is 72.4 cm³/mol. The lowest BCUT2D eigenvalue weighted by molar-refractivity contribution is 0.0709. The lowest BCUT2D eigenvalue weighted by atomic mass is 9.98. The molecule has 3 nitrogen and oxygen atoms in total. The zero-order chi connectivity index (χ0) is 13.2. The number of benzene rings is 1. The summed E-state index contributed by atoms with van der Waals surface area (Å²) in [4.78, 5) is 11.9. The molecule has 1 rings (SSSR count). The third-order valence-electron chi connectivity index (χ3n) is 2.66. The van der Waals surface area contributed by atoms with Gasteiger partial charge >= 0.3 is 0 Å². The largest absolute Gasteiger partial charge is 0.391 e. The number of carbonyl (C=O) groups is 1. The van der Waals surface area contributed by atoms with Gasteiger partial charge in [-0.25, -0.2) is 0 Å². The molecule has 0 aliphatic heterocycles. The van der Waals surface area contributed by atoms with E-state index in [0.717, 1.165) is 4.47 Å². The van der Waals surface area contributed by atoms with Gasteiger partial charge in [-0.05, 0) is 54.9 Å². The molecule has 0 saturated heterocycles. The smallest absolute Gasteiger partial charge is 0.251 e. The van der Waals surface area contributed by atoms with Crippen LogP contribution in [0.2, 0.25) is 5.02 Å². The van der Waals surface area contributed by atoms with Gasteiger partial charge in [0.1, 0.15) is 0 Å². The molecule has 1 aromatic carbocycles. The van der Waals surface area contributed by atoms with E-state index >= 15 is 0 Å². The molecular formula is C12H15BrClNO2. The van der Waals surface area contributed by atoms with Crippen LogP contribution in [-0.4, -0.2) is 22.7 Å². The van der Waals surface area contributed by atoms with Crippen LogP contribution in [0.5, 0.6) is 0 Å². The first-order chi connectivity index (χ1) is 7.74. The molecule has 1 unspecified atom stereocenters. The highest BCUT2D eigenvalue weighted by molar-refractivity contribution is 9.10. The minimum atomic E-state index is -0.684. The summed E-state index contributed by atoms with van der Waals surface area (Å²) in [7, 11) is 0. The minimum absolute atomic E-state index is 0.259. The van der Waals surface area contributed by atoms with Gasteiger partial charge in [0.2, 0.25) is 0 Å². The van der Waals surface area contributed by atoms with Gasteiger partial charge in [0.15, 0.2) is 0 Å². The van der Waals surface area contributed by atoms with E-state index in [4.69, 9.17) is 11.6 Å². The fourth-order valence-corrected chi connectivity index (χ4v) is 1.53. The molecule has 1 amide bonds. The molecule has 5 heteroatoms. The van der Waals surface area contributed by atoms with Crippen LogP contribution in [0.4, 0.5) is 0 Å². The van der Waals surface area contributed by atoms with Gasteiger partial charge in [0, 0.05) is 10.0 Å². The zero-order valence-electron chi connectivity index (χ0n) is 9.92. The summed E-state index contributed by atoms with van der Waals surface area (Å²) in [6.45, 7) is 5.15. The van der Waals surface area contributed by atoms with Crippen molar-refractivity contribution < 1.29 is 9.90 Å². The zero-order valence-corrected chi connectivity index (χ0v) is 12.3. The first-order valence-corrected chi connectivity index (χ1v) is 6.37. The van der Waals surface area contributed by atoms with Crippen LogP contribution in [0, 0.1) is 0 Å². The maximum Gasteiger partial charge on any atom is 0.251 e. The molecule has 0 fully saturated rings. The van der Waals surface area contributed by atoms with Gasteiger partial charge in [-0.1, -0.05) is 11.6 Å². The molecule has 0 aromatic heterocycles. The SMILES string of the molecule is CC(O)C(C)(C)NC(=O)c1ccc(Br)c(Cl)c1. The Hall–Kier alpha value is -0.580. The van der Waals surface area contributed by atoms with E-state index in [-0.39, 0.29) is 5.91 Å². The third kappa shape index (κ3) is 3.69. The average molecular weight is 321 g/mol. The quantitative estimate of drug-likeness (QED) is 0.899. The van der Waals surface area contributed by atoms with Crippen LogP contribution in [0.1, 0.15) is 31.1 Å². The van der Waals surface area contributed by atoms with Crippen LogP contribution in [0.3, 0.4) is 0 Å². The van der Waals surface area contributed by atoms with Crippen LogP contribution >= 0.6 is 27.5 Å². The van der Waals surface area contributed by atoms with Crippen molar-refractivity contribution in [1.82, 2.24) is 5.32 Å². The Labute approximate surface area is 114 Å². The summed E-state index contributed by atoms with van der Waals surface area (Å²) in [5.74, 6) is -0.259. The minimum Gasteiger partial charge on any atom is -0.391 e. The predicted octanol–water partition coefficient (Wildman–Crippen LogP) is 2.99. The maximum atomic E-state index is 11.9. The van der Waals surface area contributed by atoms with Gasteiger partial charge in [-0.15, -0.1) is 0 Å². The maximum absolute atomic E-state index is 11.9. The van der Waals surface area contributed by atoms with Crippen molar-refractivity contribution in [3.63, 3.8) is 0 Å². The Balaban J connectivity index is 2.87. The molecule has 17 heavy (non-hydrogen) atoms. The Bertz CT molecular complexity index is 433. The fraction of sp³-hybridized carbons (Fsp3) is 0.417. The number of amides is 1. The summed E-state index contributed by atoms with van der Waals surface area (Å²) >= 11 is 9.17. The third-order valence-corrected chi connectivity index (χ3v) is 3.89. The summed E-state index contributed by atoms with van der Waals surface area (Å²) in [5.41, 5.74) is -0.219. The number of hydrogen-bond acceptors (Lipinski definition) is 2. The van der Waals surface area contributed by atoms with Crippen LogP contribution in [-0.2, 0) is 0 Å². The van der Waals surface area contributed by atoms with E-state index < -0.39 is 11.6 Å². The van der Waals surface area contributed by atoms with E-state index in [2.05, 4.69) is 21.2 Å². The Morgan fingerprint density at radius 3 is 2.59 bits per heavy atom. The van der Waals surface area contributed by atoms with E-state index in [9.17, 15) is 9.90 Å². The van der Waals surface area contributed by atoms with Crippen molar-refractivity contribution in [2.75, 3.05) is 0 Å². The molecule has 2 N–H and O–H groups in total. The van der Waals surface area contributed by atoms with Crippen molar-refractivity contribution >= 4 is 33.4 Å². The Kier molecular flexibility index (Phi) is 4.58. The standard InChI is InChI=1S/C12H15BrClNO2/c1-7(16)12(2,3)15-11(17)8-4-5-9(13)10(14)6-8/h4-7,16H,1-3H3,(H,15,17). The highest BCUT2D eigenvalue weighted by Gasteiger charge is 2.26. The number of rotatable bonds is 3. The van der Waals surface area contributed by atoms with Crippen molar-refractivity contribution in [3.8, 4) is 0 Å². The molecule has 0 spiro atoms. The highest BCUT2D eigenvalue weighted by atomic mass is 79.9. The second-order valence-electron chi connectivity index (χ2n) is 4.48. The number of carbonyl (C=O) groups excluding carboxylic acids is 1. The number of nitrogens with one attached hydrogen (secondary N) is 1. The second kappa shape index (κ2) is 5.38. The van der Waals surface area contributed by atoms with E-state index in [0.29, 0.717) is 10.6 Å². The molecule has 0 saturated carbocycles. The summed E-state index contributed by atoms with van der Waals surface area (Å²) < 4.78 is 0.741. The van der Waals surface area contributed by atoms with Crippen molar-refractivity contribution in [1.29, 1.82) is 0 Å². The number of aliphatic hydroxyl groups is 1. The number of halogens is 2. The molecule has 1 aromatic rings. The van der Waals surface area contributed by atoms with Crippen LogP contribution < -0.4 is 5.32 Å². The topological polar surface area (TPSA) is 49.3 Å². The van der Waals surface area contributed by atoms with Gasteiger partial charge < -0.3 is 10.4 Å². The van der Waals surface area contributed by atoms with Crippen LogP contribution in [0.15, 0.2) is 22.7 Å². The summed E-state index contributed by atoms with van der Waals surface area (Å²) in [6.07, 6.45) is -0.641. The lowest BCUT2D eigenvalue weighted by Gasteiger charge is -2.29. The normalized spacial score (nSPS) is 13.3. The van der Waals surface area contributed by atoms with E-state index in [1.165, 1.54) is 0 Å². The summed E-state index contributed by atoms with van der Waals surface area (Å²) in [5, 5.41) is 12.8. The van der Waals surface area contributed by atoms with Gasteiger partial charge in [0.25, 0.3) is 5.91 Å². The highest BCUT2D eigenvalue weighted by Crippen LogP contribution is 2.23. The van der Waals surface area contributed by atoms with Crippen molar-refractivity contribution in [2.45, 2.75) is 32.4 Å². The van der Waals surface area contributed by atoms with Crippen molar-refractivity contribution in [2.24, 2.45) is 0 Å². The summed E-state index contributed by atoms with van der Waals surface area (Å²) in [6, 6.07) is 4.97. The number of aliphatic hydroxyl groups excluding tert-OH is 1. The molecule has 0 heterocycles. The molecule has 0 radical (unpaired) electrons. The van der Waals surface area contributed by atoms with Crippen molar-refractivity contribution in [3.05, 3.63) is 33.3 Å². The fourth-order valence-electron chi connectivity index (χ4n) is 1.11. The Morgan fingerprint density at radius 1 is 1.53 bits per heavy atom. The van der Waals surface area contributed by atoms with E-state index in [1.807, 2.05) is 0 Å². The first-order valence-electron chi connectivity index (χ1n) is 5.19. The van der Waals surface area contributed by atoms with Crippen LogP contribution in [0.25, 0.3) is 0 Å². The number of hydrogen-bond donors (Lipinski definition) is 2. The second-order valence-corrected chi connectivity index (χ2v) is 5.74. The molecule has 1 atom stereocenters. The molecule has 0 bridgehead atoms.